The van der Waals surface area contributed by atoms with E-state index in [-0.39, 0.29) is 17.5 Å². The van der Waals surface area contributed by atoms with Crippen LogP contribution in [0.4, 0.5) is 5.69 Å². The third-order valence-electron chi connectivity index (χ3n) is 6.03. The average Bonchev–Trinajstić information content (AvgIpc) is 3.04. The molecule has 0 spiro atoms. The maximum absolute atomic E-state index is 13.8. The fourth-order valence-electron chi connectivity index (χ4n) is 4.53. The predicted molar refractivity (Wildman–Crippen MR) is 130 cm³/mol. The van der Waals surface area contributed by atoms with Gasteiger partial charge in [0.1, 0.15) is 0 Å². The maximum atomic E-state index is 13.8. The van der Waals surface area contributed by atoms with Crippen molar-refractivity contribution in [3.8, 4) is 0 Å². The van der Waals surface area contributed by atoms with Crippen LogP contribution in [0.2, 0.25) is 5.02 Å². The van der Waals surface area contributed by atoms with Crippen molar-refractivity contribution >= 4 is 38.8 Å². The molecule has 2 aromatic carbocycles. The van der Waals surface area contributed by atoms with E-state index < -0.39 is 15.9 Å². The van der Waals surface area contributed by atoms with Crippen molar-refractivity contribution in [3.05, 3.63) is 82.2 Å². The number of nitrogens with one attached hydrogen (secondary N) is 1. The molecule has 1 aliphatic heterocycles. The second kappa shape index (κ2) is 9.51. The Hall–Kier alpha value is -2.57. The molecule has 1 heterocycles. The minimum Gasteiger partial charge on any atom is -0.349 e. The number of fused-ring (bicyclic) bond motifs is 1. The van der Waals surface area contributed by atoms with E-state index in [1.54, 1.807) is 18.2 Å². The van der Waals surface area contributed by atoms with Crippen LogP contribution in [0, 0.1) is 0 Å². The zero-order valence-corrected chi connectivity index (χ0v) is 19.5. The highest BCUT2D eigenvalue weighted by Gasteiger charge is 2.41. The highest BCUT2D eigenvalue weighted by Crippen LogP contribution is 2.43. The Morgan fingerprint density at radius 2 is 1.78 bits per heavy atom. The van der Waals surface area contributed by atoms with Gasteiger partial charge in [0.05, 0.1) is 12.2 Å². The van der Waals surface area contributed by atoms with Gasteiger partial charge in [0.25, 0.3) is 15.9 Å². The van der Waals surface area contributed by atoms with Gasteiger partial charge in [-0.1, -0.05) is 73.7 Å². The number of rotatable bonds is 5. The van der Waals surface area contributed by atoms with Gasteiger partial charge in [-0.25, -0.2) is 8.42 Å². The molecule has 0 radical (unpaired) electrons. The smallest absolute Gasteiger partial charge is 0.270 e. The minimum absolute atomic E-state index is 0.0293. The first-order valence-corrected chi connectivity index (χ1v) is 12.8. The summed E-state index contributed by atoms with van der Waals surface area (Å²) in [5.41, 5.74) is 2.14. The zero-order chi connectivity index (χ0) is 22.7. The van der Waals surface area contributed by atoms with Gasteiger partial charge in [-0.2, -0.15) is 0 Å². The second-order valence-corrected chi connectivity index (χ2v) is 10.5. The normalized spacial score (nSPS) is 18.6. The molecule has 1 saturated carbocycles. The summed E-state index contributed by atoms with van der Waals surface area (Å²) in [6.07, 6.45) is 7.58. The Morgan fingerprint density at radius 1 is 1.09 bits per heavy atom. The molecule has 5 nitrogen and oxygen atoms in total. The van der Waals surface area contributed by atoms with Gasteiger partial charge in [-0.3, -0.25) is 9.10 Å². The third-order valence-corrected chi connectivity index (χ3v) is 8.09. The number of carbonyl (C=O) groups is 1. The van der Waals surface area contributed by atoms with Gasteiger partial charge in [0.15, 0.2) is 4.91 Å². The van der Waals surface area contributed by atoms with Crippen molar-refractivity contribution in [2.24, 2.45) is 0 Å². The van der Waals surface area contributed by atoms with Gasteiger partial charge in [-0.15, -0.1) is 6.58 Å². The topological polar surface area (TPSA) is 66.5 Å². The van der Waals surface area contributed by atoms with Gasteiger partial charge in [0.2, 0.25) is 0 Å². The zero-order valence-electron chi connectivity index (χ0n) is 17.9. The molecule has 32 heavy (non-hydrogen) atoms. The van der Waals surface area contributed by atoms with Crippen molar-refractivity contribution in [1.29, 1.82) is 0 Å². The Bertz CT molecular complexity index is 1150. The predicted octanol–water partition coefficient (Wildman–Crippen LogP) is 5.27. The van der Waals surface area contributed by atoms with E-state index in [4.69, 9.17) is 11.6 Å². The number of anilines is 1. The fraction of sp³-hybridized carbons (Fsp3) is 0.320. The standard InChI is InChI=1S/C25H27ClN2O3S/c1-2-16-28-22-15-14-19(26)17-21(22)23(18-10-6-5-7-11-18)24(32(28,30)31)25(29)27-20-12-8-3-4-9-13-20/h2,5-7,10-11,14-15,17,20H,1,3-4,8-9,12-13,16H2,(H,27,29). The average molecular weight is 471 g/mol. The number of nitrogens with zero attached hydrogens (tertiary/aromatic N) is 1. The Labute approximate surface area is 194 Å². The molecule has 0 unspecified atom stereocenters. The number of hydrogen-bond acceptors (Lipinski definition) is 3. The summed E-state index contributed by atoms with van der Waals surface area (Å²) in [7, 11) is -4.12. The molecule has 4 rings (SSSR count). The van der Waals surface area contributed by atoms with Gasteiger partial charge in [-0.05, 0) is 36.6 Å². The van der Waals surface area contributed by atoms with Crippen LogP contribution in [0.5, 0.6) is 0 Å². The molecule has 0 bridgehead atoms. The van der Waals surface area contributed by atoms with Crippen molar-refractivity contribution in [1.82, 2.24) is 5.32 Å². The second-order valence-electron chi connectivity index (χ2n) is 8.22. The SMILES string of the molecule is C=CCN1c2ccc(Cl)cc2C(c2ccccc2)=C(C(=O)NC2CCCCCC2)S1(=O)=O. The molecule has 0 aromatic heterocycles. The Balaban J connectivity index is 1.93. The number of benzene rings is 2. The number of sulfonamides is 1. The lowest BCUT2D eigenvalue weighted by molar-refractivity contribution is -0.117. The van der Waals surface area contributed by atoms with Crippen molar-refractivity contribution < 1.29 is 13.2 Å². The molecule has 2 aliphatic rings. The van der Waals surface area contributed by atoms with Gasteiger partial charge in [0, 0.05) is 22.2 Å². The molecule has 7 heteroatoms. The maximum Gasteiger partial charge on any atom is 0.270 e. The summed E-state index contributed by atoms with van der Waals surface area (Å²) in [6, 6.07) is 14.2. The highest BCUT2D eigenvalue weighted by atomic mass is 35.5. The van der Waals surface area contributed by atoms with E-state index in [9.17, 15) is 13.2 Å². The Morgan fingerprint density at radius 3 is 2.44 bits per heavy atom. The number of amides is 1. The van der Waals surface area contributed by atoms with Crippen LogP contribution in [0.25, 0.3) is 5.57 Å². The van der Waals surface area contributed by atoms with Crippen molar-refractivity contribution in [3.63, 3.8) is 0 Å². The van der Waals surface area contributed by atoms with E-state index in [0.29, 0.717) is 27.4 Å². The van der Waals surface area contributed by atoms with E-state index in [1.807, 2.05) is 30.3 Å². The number of halogens is 1. The van der Waals surface area contributed by atoms with E-state index in [0.717, 1.165) is 38.5 Å². The van der Waals surface area contributed by atoms with Crippen LogP contribution in [0.1, 0.15) is 49.7 Å². The van der Waals surface area contributed by atoms with E-state index in [1.165, 1.54) is 10.4 Å². The first-order chi connectivity index (χ1) is 15.4. The lowest BCUT2D eigenvalue weighted by Gasteiger charge is -2.33. The molecular weight excluding hydrogens is 444 g/mol. The molecule has 0 atom stereocenters. The molecule has 1 amide bonds. The summed E-state index contributed by atoms with van der Waals surface area (Å²) in [4.78, 5) is 13.4. The summed E-state index contributed by atoms with van der Waals surface area (Å²) in [5.74, 6) is -0.560. The summed E-state index contributed by atoms with van der Waals surface area (Å²) in [6.45, 7) is 3.77. The lowest BCUT2D eigenvalue weighted by atomic mass is 9.95. The third kappa shape index (κ3) is 4.34. The van der Waals surface area contributed by atoms with Gasteiger partial charge < -0.3 is 5.32 Å². The van der Waals surface area contributed by atoms with Crippen LogP contribution in [-0.2, 0) is 14.8 Å². The Kier molecular flexibility index (Phi) is 6.72. The van der Waals surface area contributed by atoms with Gasteiger partial charge >= 0.3 is 0 Å². The molecular formula is C25H27ClN2O3S. The molecule has 1 aliphatic carbocycles. The molecule has 168 valence electrons. The lowest BCUT2D eigenvalue weighted by Crippen LogP contribution is -2.44. The van der Waals surface area contributed by atoms with E-state index >= 15 is 0 Å². The molecule has 1 fully saturated rings. The summed E-state index contributed by atoms with van der Waals surface area (Å²) < 4.78 is 28.9. The van der Waals surface area contributed by atoms with E-state index in [2.05, 4.69) is 11.9 Å². The first kappa shape index (κ1) is 22.6. The number of carbonyl (C=O) groups excluding carboxylic acids is 1. The minimum atomic E-state index is -4.12. The van der Waals surface area contributed by atoms with Crippen LogP contribution in [0.15, 0.2) is 66.1 Å². The van der Waals surface area contributed by atoms with Crippen molar-refractivity contribution in [2.75, 3.05) is 10.8 Å². The fourth-order valence-corrected chi connectivity index (χ4v) is 6.42. The van der Waals surface area contributed by atoms with Crippen molar-refractivity contribution in [2.45, 2.75) is 44.6 Å². The monoisotopic (exact) mass is 470 g/mol. The largest absolute Gasteiger partial charge is 0.349 e. The highest BCUT2D eigenvalue weighted by molar-refractivity contribution is 7.97. The first-order valence-electron chi connectivity index (χ1n) is 11.0. The summed E-state index contributed by atoms with van der Waals surface area (Å²) >= 11 is 6.32. The number of hydrogen-bond donors (Lipinski definition) is 1. The quantitative estimate of drug-likeness (QED) is 0.478. The molecule has 2 aromatic rings. The van der Waals surface area contributed by atoms with Crippen LogP contribution >= 0.6 is 11.6 Å². The van der Waals surface area contributed by atoms with Crippen LogP contribution in [0.3, 0.4) is 0 Å². The van der Waals surface area contributed by atoms with Crippen LogP contribution < -0.4 is 9.62 Å². The molecule has 0 saturated heterocycles. The van der Waals surface area contributed by atoms with Crippen LogP contribution in [-0.4, -0.2) is 26.9 Å². The molecule has 1 N–H and O–H groups in total. The summed E-state index contributed by atoms with van der Waals surface area (Å²) in [5, 5.41) is 3.50.